The largest absolute Gasteiger partial charge is 0.507 e. The summed E-state index contributed by atoms with van der Waals surface area (Å²) in [6.07, 6.45) is 2.87. The van der Waals surface area contributed by atoms with E-state index in [2.05, 4.69) is 24.6 Å². The van der Waals surface area contributed by atoms with Gasteiger partial charge in [0.2, 0.25) is 0 Å². The number of aromatic hydroxyl groups is 1. The van der Waals surface area contributed by atoms with E-state index in [9.17, 15) is 5.11 Å². The summed E-state index contributed by atoms with van der Waals surface area (Å²) in [5.41, 5.74) is 9.14. The molecular formula is C14H20N2O. The normalized spacial score (nSPS) is 11.6. The molecule has 0 aliphatic carbocycles. The molecule has 17 heavy (non-hydrogen) atoms. The van der Waals surface area contributed by atoms with Gasteiger partial charge in [0.05, 0.1) is 5.52 Å². The van der Waals surface area contributed by atoms with E-state index in [0.29, 0.717) is 18.2 Å². The van der Waals surface area contributed by atoms with Gasteiger partial charge in [0.1, 0.15) is 5.75 Å². The zero-order chi connectivity index (χ0) is 12.6. The minimum absolute atomic E-state index is 0.355. The van der Waals surface area contributed by atoms with Crippen molar-refractivity contribution in [2.75, 3.05) is 6.54 Å². The Kier molecular flexibility index (Phi) is 3.11. The summed E-state index contributed by atoms with van der Waals surface area (Å²) in [6, 6.07) is 3.80. The fourth-order valence-electron chi connectivity index (χ4n) is 2.47. The smallest absolute Gasteiger partial charge is 0.125 e. The predicted octanol–water partition coefficient (Wildman–Crippen LogP) is 2.51. The molecule has 0 bridgehead atoms. The van der Waals surface area contributed by atoms with Gasteiger partial charge in [-0.25, -0.2) is 0 Å². The number of aryl methyl sites for hydroxylation is 1. The van der Waals surface area contributed by atoms with Crippen LogP contribution in [0.4, 0.5) is 0 Å². The lowest BCUT2D eigenvalue weighted by molar-refractivity contribution is 0.481. The molecule has 0 aliphatic heterocycles. The van der Waals surface area contributed by atoms with Crippen molar-refractivity contribution in [2.24, 2.45) is 12.8 Å². The number of aromatic nitrogens is 1. The van der Waals surface area contributed by atoms with Crippen molar-refractivity contribution in [1.82, 2.24) is 4.57 Å². The Morgan fingerprint density at radius 2 is 2.06 bits per heavy atom. The summed E-state index contributed by atoms with van der Waals surface area (Å²) in [4.78, 5) is 0. The summed E-state index contributed by atoms with van der Waals surface area (Å²) < 4.78 is 2.09. The number of benzene rings is 1. The average Bonchev–Trinajstić information content (AvgIpc) is 2.58. The number of rotatable bonds is 3. The van der Waals surface area contributed by atoms with Crippen LogP contribution in [0, 0.1) is 0 Å². The molecule has 0 spiro atoms. The van der Waals surface area contributed by atoms with Gasteiger partial charge in [0, 0.05) is 18.6 Å². The Morgan fingerprint density at radius 3 is 2.65 bits per heavy atom. The minimum atomic E-state index is 0.355. The van der Waals surface area contributed by atoms with Gasteiger partial charge in [-0.05, 0) is 36.1 Å². The van der Waals surface area contributed by atoms with E-state index in [0.717, 1.165) is 22.9 Å². The lowest BCUT2D eigenvalue weighted by Crippen LogP contribution is -2.02. The molecular weight excluding hydrogens is 212 g/mol. The standard InChI is InChI=1S/C14H20N2O/c1-9(2)11-4-5-12(17)13-10(6-7-15)8-16(3)14(11)13/h4-5,8-9,17H,6-7,15H2,1-3H3. The number of nitrogens with two attached hydrogens (primary N) is 1. The SMILES string of the molecule is CC(C)c1ccc(O)c2c(CCN)cn(C)c12. The Bertz CT molecular complexity index is 541. The molecule has 0 amide bonds. The van der Waals surface area contributed by atoms with Crippen LogP contribution in [0.25, 0.3) is 10.9 Å². The van der Waals surface area contributed by atoms with E-state index in [1.165, 1.54) is 5.56 Å². The Morgan fingerprint density at radius 1 is 1.35 bits per heavy atom. The number of fused-ring (bicyclic) bond motifs is 1. The van der Waals surface area contributed by atoms with E-state index in [4.69, 9.17) is 5.73 Å². The highest BCUT2D eigenvalue weighted by Crippen LogP contribution is 2.35. The first kappa shape index (κ1) is 12.0. The van der Waals surface area contributed by atoms with Gasteiger partial charge in [-0.3, -0.25) is 0 Å². The predicted molar refractivity (Wildman–Crippen MR) is 71.4 cm³/mol. The molecule has 0 saturated carbocycles. The summed E-state index contributed by atoms with van der Waals surface area (Å²) >= 11 is 0. The highest BCUT2D eigenvalue weighted by Gasteiger charge is 2.15. The second kappa shape index (κ2) is 4.41. The molecule has 3 nitrogen and oxygen atoms in total. The maximum absolute atomic E-state index is 10.0. The van der Waals surface area contributed by atoms with E-state index in [-0.39, 0.29) is 0 Å². The van der Waals surface area contributed by atoms with Crippen LogP contribution in [0.15, 0.2) is 18.3 Å². The van der Waals surface area contributed by atoms with Gasteiger partial charge < -0.3 is 15.4 Å². The monoisotopic (exact) mass is 232 g/mol. The summed E-state index contributed by atoms with van der Waals surface area (Å²) in [5, 5.41) is 11.0. The van der Waals surface area contributed by atoms with Crippen LogP contribution in [0.5, 0.6) is 5.75 Å². The van der Waals surface area contributed by atoms with Crippen LogP contribution in [0.1, 0.15) is 30.9 Å². The first-order valence-electron chi connectivity index (χ1n) is 6.06. The first-order valence-corrected chi connectivity index (χ1v) is 6.06. The van der Waals surface area contributed by atoms with E-state index < -0.39 is 0 Å². The quantitative estimate of drug-likeness (QED) is 0.854. The Labute approximate surface area is 102 Å². The molecule has 0 atom stereocenters. The average molecular weight is 232 g/mol. The van der Waals surface area contributed by atoms with Crippen LogP contribution in [-0.4, -0.2) is 16.2 Å². The van der Waals surface area contributed by atoms with Crippen molar-refractivity contribution in [3.8, 4) is 5.75 Å². The third kappa shape index (κ3) is 1.91. The van der Waals surface area contributed by atoms with E-state index in [1.807, 2.05) is 13.1 Å². The van der Waals surface area contributed by atoms with Crippen molar-refractivity contribution < 1.29 is 5.11 Å². The van der Waals surface area contributed by atoms with Crippen molar-refractivity contribution >= 4 is 10.9 Å². The van der Waals surface area contributed by atoms with E-state index >= 15 is 0 Å². The van der Waals surface area contributed by atoms with Crippen molar-refractivity contribution in [3.63, 3.8) is 0 Å². The minimum Gasteiger partial charge on any atom is -0.507 e. The summed E-state index contributed by atoms with van der Waals surface area (Å²) in [6.45, 7) is 4.94. The van der Waals surface area contributed by atoms with Crippen molar-refractivity contribution in [2.45, 2.75) is 26.2 Å². The van der Waals surface area contributed by atoms with Crippen molar-refractivity contribution in [3.05, 3.63) is 29.5 Å². The highest BCUT2D eigenvalue weighted by atomic mass is 16.3. The molecule has 1 heterocycles. The fraction of sp³-hybridized carbons (Fsp3) is 0.429. The molecule has 92 valence electrons. The molecule has 0 aliphatic rings. The summed E-state index contributed by atoms with van der Waals surface area (Å²) in [7, 11) is 2.02. The van der Waals surface area contributed by atoms with Gasteiger partial charge in [0.15, 0.2) is 0 Å². The molecule has 0 unspecified atom stereocenters. The zero-order valence-electron chi connectivity index (χ0n) is 10.7. The van der Waals surface area contributed by atoms with Gasteiger partial charge >= 0.3 is 0 Å². The number of phenols is 1. The summed E-state index contributed by atoms with van der Waals surface area (Å²) in [5.74, 6) is 0.797. The van der Waals surface area contributed by atoms with Gasteiger partial charge in [0.25, 0.3) is 0 Å². The van der Waals surface area contributed by atoms with Gasteiger partial charge in [-0.2, -0.15) is 0 Å². The van der Waals surface area contributed by atoms with Gasteiger partial charge in [-0.1, -0.05) is 19.9 Å². The molecule has 0 saturated heterocycles. The molecule has 3 N–H and O–H groups in total. The zero-order valence-corrected chi connectivity index (χ0v) is 10.7. The van der Waals surface area contributed by atoms with Crippen LogP contribution in [-0.2, 0) is 13.5 Å². The second-order valence-corrected chi connectivity index (χ2v) is 4.86. The third-order valence-corrected chi connectivity index (χ3v) is 3.25. The van der Waals surface area contributed by atoms with Crippen LogP contribution in [0.3, 0.4) is 0 Å². The maximum Gasteiger partial charge on any atom is 0.125 e. The Hall–Kier alpha value is -1.48. The number of phenolic OH excluding ortho intramolecular Hbond substituents is 1. The second-order valence-electron chi connectivity index (χ2n) is 4.86. The lowest BCUT2D eigenvalue weighted by atomic mass is 9.98. The third-order valence-electron chi connectivity index (χ3n) is 3.25. The molecule has 1 aromatic heterocycles. The number of nitrogens with zero attached hydrogens (tertiary/aromatic N) is 1. The molecule has 0 fully saturated rings. The molecule has 0 radical (unpaired) electrons. The van der Waals surface area contributed by atoms with Gasteiger partial charge in [-0.15, -0.1) is 0 Å². The molecule has 3 heteroatoms. The maximum atomic E-state index is 10.0. The number of hydrogen-bond acceptors (Lipinski definition) is 2. The number of hydrogen-bond donors (Lipinski definition) is 2. The first-order chi connectivity index (χ1) is 8.06. The highest BCUT2D eigenvalue weighted by molar-refractivity contribution is 5.92. The lowest BCUT2D eigenvalue weighted by Gasteiger charge is -2.10. The fourth-order valence-corrected chi connectivity index (χ4v) is 2.47. The molecule has 2 rings (SSSR count). The molecule has 2 aromatic rings. The van der Waals surface area contributed by atoms with E-state index in [1.54, 1.807) is 6.07 Å². The van der Waals surface area contributed by atoms with Crippen LogP contribution >= 0.6 is 0 Å². The van der Waals surface area contributed by atoms with Crippen molar-refractivity contribution in [1.29, 1.82) is 0 Å². The topological polar surface area (TPSA) is 51.2 Å². The van der Waals surface area contributed by atoms with Crippen LogP contribution < -0.4 is 5.73 Å². The Balaban J connectivity index is 2.78. The molecule has 1 aromatic carbocycles. The van der Waals surface area contributed by atoms with Crippen LogP contribution in [0.2, 0.25) is 0 Å².